The van der Waals surface area contributed by atoms with Gasteiger partial charge in [-0.25, -0.2) is 0 Å². The van der Waals surface area contributed by atoms with Gasteiger partial charge in [0.2, 0.25) is 6.10 Å². The lowest BCUT2D eigenvalue weighted by Gasteiger charge is -2.14. The van der Waals surface area contributed by atoms with Gasteiger partial charge >= 0.3 is 6.18 Å². The topological polar surface area (TPSA) is 33.4 Å². The first-order chi connectivity index (χ1) is 6.62. The van der Waals surface area contributed by atoms with Gasteiger partial charge in [-0.15, -0.1) is 0 Å². The van der Waals surface area contributed by atoms with Crippen LogP contribution in [0.4, 0.5) is 13.2 Å². The van der Waals surface area contributed by atoms with Gasteiger partial charge in [-0.2, -0.15) is 13.2 Å². The molecule has 0 aliphatic heterocycles. The van der Waals surface area contributed by atoms with Gasteiger partial charge in [0.15, 0.2) is 0 Å². The van der Waals surface area contributed by atoms with Crippen molar-refractivity contribution in [1.82, 2.24) is 0 Å². The number of aliphatic hydroxyl groups is 1. The van der Waals surface area contributed by atoms with Crippen molar-refractivity contribution in [1.29, 1.82) is 0 Å². The Morgan fingerprint density at radius 1 is 1.27 bits per heavy atom. The highest BCUT2D eigenvalue weighted by atomic mass is 28.3. The normalized spacial score (nSPS) is 15.4. The number of furan rings is 1. The molecule has 15 heavy (non-hydrogen) atoms. The molecule has 1 N–H and O–H groups in total. The Balaban J connectivity index is 2.95. The SMILES string of the molecule is C[Si](C)(C)c1ccc(C(O)C(F)(F)F)o1. The van der Waals surface area contributed by atoms with E-state index in [-0.39, 0.29) is 0 Å². The first kappa shape index (κ1) is 12.3. The molecule has 0 aromatic carbocycles. The molecule has 0 amide bonds. The number of rotatable bonds is 2. The minimum absolute atomic E-state index is 0.431. The van der Waals surface area contributed by atoms with Gasteiger partial charge in [0, 0.05) is 0 Å². The molecule has 2 nitrogen and oxygen atoms in total. The molecule has 86 valence electrons. The third-order valence-electron chi connectivity index (χ3n) is 1.95. The van der Waals surface area contributed by atoms with E-state index in [4.69, 9.17) is 9.52 Å². The van der Waals surface area contributed by atoms with E-state index in [9.17, 15) is 13.2 Å². The Bertz CT molecular complexity index is 338. The maximum absolute atomic E-state index is 12.1. The molecule has 1 aromatic heterocycles. The fourth-order valence-corrected chi connectivity index (χ4v) is 2.07. The van der Waals surface area contributed by atoms with Crippen molar-refractivity contribution < 1.29 is 22.7 Å². The van der Waals surface area contributed by atoms with Gasteiger partial charge in [-0.1, -0.05) is 19.6 Å². The van der Waals surface area contributed by atoms with E-state index < -0.39 is 26.1 Å². The summed E-state index contributed by atoms with van der Waals surface area (Å²) in [5.74, 6) is -0.431. The lowest BCUT2D eigenvalue weighted by molar-refractivity contribution is -0.211. The fraction of sp³-hybridized carbons (Fsp3) is 0.556. The van der Waals surface area contributed by atoms with Crippen LogP contribution in [0.15, 0.2) is 16.5 Å². The molecule has 0 radical (unpaired) electrons. The van der Waals surface area contributed by atoms with E-state index in [0.29, 0.717) is 5.38 Å². The van der Waals surface area contributed by atoms with Crippen molar-refractivity contribution in [3.8, 4) is 0 Å². The Labute approximate surface area is 86.7 Å². The minimum Gasteiger partial charge on any atom is -0.468 e. The first-order valence-electron chi connectivity index (χ1n) is 4.47. The number of hydrogen-bond acceptors (Lipinski definition) is 2. The number of halogens is 3. The number of aliphatic hydroxyl groups excluding tert-OH is 1. The van der Waals surface area contributed by atoms with Crippen LogP contribution in [0.25, 0.3) is 0 Å². The molecular formula is C9H13F3O2Si. The summed E-state index contributed by atoms with van der Waals surface area (Å²) in [6, 6.07) is 2.70. The van der Waals surface area contributed by atoms with Gasteiger partial charge in [0.05, 0.1) is 5.38 Å². The van der Waals surface area contributed by atoms with Crippen LogP contribution in [0.2, 0.25) is 19.6 Å². The average molecular weight is 238 g/mol. The second kappa shape index (κ2) is 3.68. The molecule has 0 bridgehead atoms. The smallest absolute Gasteiger partial charge is 0.421 e. The summed E-state index contributed by atoms with van der Waals surface area (Å²) >= 11 is 0. The summed E-state index contributed by atoms with van der Waals surface area (Å²) in [5.41, 5.74) is 0. The van der Waals surface area contributed by atoms with Crippen molar-refractivity contribution in [2.45, 2.75) is 31.9 Å². The molecule has 0 aliphatic carbocycles. The molecule has 6 heteroatoms. The molecule has 1 atom stereocenters. The van der Waals surface area contributed by atoms with Crippen molar-refractivity contribution >= 4 is 13.5 Å². The van der Waals surface area contributed by atoms with Gasteiger partial charge in [-0.3, -0.25) is 0 Å². The molecule has 0 spiro atoms. The molecule has 0 saturated carbocycles. The standard InChI is InChI=1S/C9H13F3O2Si/c1-15(2,3)7-5-4-6(14-7)8(13)9(10,11)12/h4-5,8,13H,1-3H3. The quantitative estimate of drug-likeness (QED) is 0.803. The van der Waals surface area contributed by atoms with E-state index in [1.54, 1.807) is 0 Å². The van der Waals surface area contributed by atoms with Crippen LogP contribution < -0.4 is 5.38 Å². The van der Waals surface area contributed by atoms with E-state index in [1.807, 2.05) is 19.6 Å². The predicted molar refractivity (Wildman–Crippen MR) is 52.7 cm³/mol. The average Bonchev–Trinajstić information content (AvgIpc) is 2.47. The van der Waals surface area contributed by atoms with Gasteiger partial charge in [0.25, 0.3) is 0 Å². The third kappa shape index (κ3) is 2.85. The van der Waals surface area contributed by atoms with Crippen molar-refractivity contribution in [2.24, 2.45) is 0 Å². The maximum atomic E-state index is 12.1. The Kier molecular flexibility index (Phi) is 3.02. The third-order valence-corrected chi connectivity index (χ3v) is 3.69. The molecule has 0 aliphatic rings. The van der Waals surface area contributed by atoms with Crippen LogP contribution in [0.1, 0.15) is 11.9 Å². The molecule has 0 saturated heterocycles. The van der Waals surface area contributed by atoms with Crippen LogP contribution in [-0.2, 0) is 0 Å². The molecule has 1 rings (SSSR count). The molecule has 1 unspecified atom stereocenters. The predicted octanol–water partition coefficient (Wildman–Crippen LogP) is 2.42. The van der Waals surface area contributed by atoms with E-state index in [2.05, 4.69) is 0 Å². The summed E-state index contributed by atoms with van der Waals surface area (Å²) in [6.45, 7) is 5.86. The summed E-state index contributed by atoms with van der Waals surface area (Å²) in [5, 5.41) is 9.49. The molecule has 1 aromatic rings. The van der Waals surface area contributed by atoms with E-state index in [0.717, 1.165) is 0 Å². The summed E-state index contributed by atoms with van der Waals surface area (Å²) in [6.07, 6.45) is -7.20. The van der Waals surface area contributed by atoms with Crippen LogP contribution in [-0.4, -0.2) is 19.4 Å². The molecule has 0 fully saturated rings. The number of hydrogen-bond donors (Lipinski definition) is 1. The van der Waals surface area contributed by atoms with E-state index in [1.165, 1.54) is 12.1 Å². The first-order valence-corrected chi connectivity index (χ1v) is 7.97. The van der Waals surface area contributed by atoms with Crippen LogP contribution in [0.3, 0.4) is 0 Å². The number of alkyl halides is 3. The van der Waals surface area contributed by atoms with Crippen molar-refractivity contribution in [2.75, 3.05) is 0 Å². The van der Waals surface area contributed by atoms with Gasteiger partial charge in [-0.05, 0) is 12.1 Å². The summed E-state index contributed by atoms with van der Waals surface area (Å²) in [7, 11) is -1.76. The largest absolute Gasteiger partial charge is 0.468 e. The lowest BCUT2D eigenvalue weighted by Crippen LogP contribution is -2.36. The maximum Gasteiger partial charge on any atom is 0.421 e. The van der Waals surface area contributed by atoms with Crippen molar-refractivity contribution in [3.05, 3.63) is 17.9 Å². The second-order valence-electron chi connectivity index (χ2n) is 4.40. The van der Waals surface area contributed by atoms with Crippen LogP contribution in [0, 0.1) is 0 Å². The van der Waals surface area contributed by atoms with Gasteiger partial charge < -0.3 is 9.52 Å². The zero-order valence-corrected chi connectivity index (χ0v) is 9.72. The van der Waals surface area contributed by atoms with Gasteiger partial charge in [0.1, 0.15) is 13.8 Å². The Morgan fingerprint density at radius 3 is 2.13 bits per heavy atom. The van der Waals surface area contributed by atoms with E-state index >= 15 is 0 Å². The highest BCUT2D eigenvalue weighted by Gasteiger charge is 2.41. The highest BCUT2D eigenvalue weighted by molar-refractivity contribution is 6.87. The zero-order chi connectivity index (χ0) is 11.9. The highest BCUT2D eigenvalue weighted by Crippen LogP contribution is 2.32. The van der Waals surface area contributed by atoms with Crippen molar-refractivity contribution in [3.63, 3.8) is 0 Å². The lowest BCUT2D eigenvalue weighted by atomic mass is 10.3. The second-order valence-corrected chi connectivity index (χ2v) is 9.39. The summed E-state index contributed by atoms with van der Waals surface area (Å²) in [4.78, 5) is 0. The molecule has 1 heterocycles. The summed E-state index contributed by atoms with van der Waals surface area (Å²) < 4.78 is 41.5. The van der Waals surface area contributed by atoms with Crippen LogP contribution in [0.5, 0.6) is 0 Å². The monoisotopic (exact) mass is 238 g/mol. The Hall–Kier alpha value is -0.753. The van der Waals surface area contributed by atoms with Crippen LogP contribution >= 0.6 is 0 Å². The zero-order valence-electron chi connectivity index (χ0n) is 8.72. The minimum atomic E-state index is -4.67. The molecular weight excluding hydrogens is 225 g/mol. The fourth-order valence-electron chi connectivity index (χ4n) is 1.06. The Morgan fingerprint density at radius 2 is 1.80 bits per heavy atom.